The van der Waals surface area contributed by atoms with Gasteiger partial charge in [-0.05, 0) is 50.1 Å². The van der Waals surface area contributed by atoms with Crippen LogP contribution in [0.25, 0.3) is 0 Å². The first-order chi connectivity index (χ1) is 9.72. The van der Waals surface area contributed by atoms with Gasteiger partial charge in [0.1, 0.15) is 5.75 Å². The molecule has 0 aromatic heterocycles. The van der Waals surface area contributed by atoms with Gasteiger partial charge in [-0.1, -0.05) is 6.07 Å². The Morgan fingerprint density at radius 2 is 2.00 bits per heavy atom. The van der Waals surface area contributed by atoms with E-state index in [-0.39, 0.29) is 5.91 Å². The van der Waals surface area contributed by atoms with Gasteiger partial charge in [-0.3, -0.25) is 4.79 Å². The van der Waals surface area contributed by atoms with E-state index >= 15 is 0 Å². The number of fused-ring (bicyclic) bond motifs is 2. The first kappa shape index (κ1) is 13.8. The second kappa shape index (κ2) is 5.68. The number of ether oxygens (including phenoxy) is 1. The van der Waals surface area contributed by atoms with E-state index in [0.29, 0.717) is 12.1 Å². The Kier molecular flexibility index (Phi) is 3.92. The van der Waals surface area contributed by atoms with Crippen molar-refractivity contribution < 1.29 is 9.53 Å². The highest BCUT2D eigenvalue weighted by atomic mass is 32.2. The molecule has 1 aromatic rings. The van der Waals surface area contributed by atoms with E-state index < -0.39 is 0 Å². The number of thioether (sulfide) groups is 1. The van der Waals surface area contributed by atoms with Gasteiger partial charge in [-0.2, -0.15) is 11.8 Å². The number of carbonyl (C=O) groups is 1. The van der Waals surface area contributed by atoms with Gasteiger partial charge in [0.25, 0.3) is 5.91 Å². The van der Waals surface area contributed by atoms with E-state index in [0.717, 1.165) is 42.2 Å². The number of hydrogen-bond acceptors (Lipinski definition) is 3. The number of carbonyl (C=O) groups excluding carboxylic acids is 1. The van der Waals surface area contributed by atoms with Crippen LogP contribution in [0.5, 0.6) is 5.75 Å². The number of piperidine rings is 1. The predicted octanol–water partition coefficient (Wildman–Crippen LogP) is 3.19. The molecule has 1 aromatic carbocycles. The van der Waals surface area contributed by atoms with Gasteiger partial charge in [-0.15, -0.1) is 0 Å². The average molecular weight is 291 g/mol. The molecule has 2 heterocycles. The van der Waals surface area contributed by atoms with Crippen molar-refractivity contribution in [2.24, 2.45) is 0 Å². The van der Waals surface area contributed by atoms with Crippen molar-refractivity contribution in [3.05, 3.63) is 29.8 Å². The second-order valence-corrected chi connectivity index (χ2v) is 6.80. The van der Waals surface area contributed by atoms with Crippen LogP contribution in [0.3, 0.4) is 0 Å². The van der Waals surface area contributed by atoms with E-state index in [4.69, 9.17) is 4.74 Å². The normalized spacial score (nSPS) is 28.5. The molecule has 0 aliphatic carbocycles. The largest absolute Gasteiger partial charge is 0.497 e. The molecule has 2 aliphatic heterocycles. The van der Waals surface area contributed by atoms with E-state index in [9.17, 15) is 4.79 Å². The van der Waals surface area contributed by atoms with Crippen LogP contribution in [-0.4, -0.2) is 41.5 Å². The molecule has 108 valence electrons. The first-order valence-corrected chi connectivity index (χ1v) is 8.51. The minimum absolute atomic E-state index is 0.177. The van der Waals surface area contributed by atoms with Crippen molar-refractivity contribution in [1.29, 1.82) is 0 Å². The Morgan fingerprint density at radius 1 is 1.30 bits per heavy atom. The molecule has 0 N–H and O–H groups in total. The van der Waals surface area contributed by atoms with Crippen LogP contribution in [0.4, 0.5) is 0 Å². The maximum Gasteiger partial charge on any atom is 0.254 e. The van der Waals surface area contributed by atoms with Crippen molar-refractivity contribution in [1.82, 2.24) is 4.90 Å². The maximum absolute atomic E-state index is 12.8. The van der Waals surface area contributed by atoms with E-state index in [2.05, 4.69) is 11.2 Å². The highest BCUT2D eigenvalue weighted by Crippen LogP contribution is 2.40. The topological polar surface area (TPSA) is 29.5 Å². The zero-order chi connectivity index (χ0) is 14.1. The molecule has 0 radical (unpaired) electrons. The molecule has 2 saturated heterocycles. The minimum atomic E-state index is 0.177. The summed E-state index contributed by atoms with van der Waals surface area (Å²) in [7, 11) is 1.64. The Hall–Kier alpha value is -1.16. The Morgan fingerprint density at radius 3 is 2.60 bits per heavy atom. The van der Waals surface area contributed by atoms with Crippen LogP contribution >= 0.6 is 11.8 Å². The van der Waals surface area contributed by atoms with Crippen LogP contribution < -0.4 is 4.74 Å². The molecule has 20 heavy (non-hydrogen) atoms. The number of rotatable bonds is 3. The summed E-state index contributed by atoms with van der Waals surface area (Å²) in [4.78, 5) is 14.9. The molecule has 2 atom stereocenters. The van der Waals surface area contributed by atoms with Crippen LogP contribution in [0.2, 0.25) is 0 Å². The SMILES string of the molecule is COc1cccc(C(=O)N2[C@H]3CC[C@H]2CC(SC)C3)c1. The molecule has 0 spiro atoms. The highest BCUT2D eigenvalue weighted by Gasteiger charge is 2.43. The number of hydrogen-bond donors (Lipinski definition) is 0. The van der Waals surface area contributed by atoms with E-state index in [1.54, 1.807) is 7.11 Å². The number of amides is 1. The number of benzene rings is 1. The molecule has 3 nitrogen and oxygen atoms in total. The van der Waals surface area contributed by atoms with Crippen LogP contribution in [-0.2, 0) is 0 Å². The van der Waals surface area contributed by atoms with Crippen LogP contribution in [0.15, 0.2) is 24.3 Å². The zero-order valence-electron chi connectivity index (χ0n) is 12.0. The van der Waals surface area contributed by atoms with E-state index in [1.807, 2.05) is 36.0 Å². The maximum atomic E-state index is 12.8. The Labute approximate surface area is 124 Å². The lowest BCUT2D eigenvalue weighted by molar-refractivity contribution is 0.0601. The summed E-state index contributed by atoms with van der Waals surface area (Å²) in [5.41, 5.74) is 0.754. The Bertz CT molecular complexity index is 491. The summed E-state index contributed by atoms with van der Waals surface area (Å²) >= 11 is 1.95. The van der Waals surface area contributed by atoms with Crippen LogP contribution in [0.1, 0.15) is 36.0 Å². The van der Waals surface area contributed by atoms with Crippen molar-refractivity contribution in [2.75, 3.05) is 13.4 Å². The first-order valence-electron chi connectivity index (χ1n) is 7.22. The third-order valence-electron chi connectivity index (χ3n) is 4.57. The van der Waals surface area contributed by atoms with Crippen LogP contribution in [0, 0.1) is 0 Å². The molecular weight excluding hydrogens is 270 g/mol. The molecule has 3 rings (SSSR count). The average Bonchev–Trinajstić information content (AvgIpc) is 2.76. The molecule has 1 amide bonds. The Balaban J connectivity index is 1.81. The fourth-order valence-corrected chi connectivity index (χ4v) is 4.39. The van der Waals surface area contributed by atoms with Gasteiger partial charge in [0.15, 0.2) is 0 Å². The minimum Gasteiger partial charge on any atom is -0.497 e. The lowest BCUT2D eigenvalue weighted by Crippen LogP contribution is -2.47. The summed E-state index contributed by atoms with van der Waals surface area (Å²) in [5, 5.41) is 0.724. The quantitative estimate of drug-likeness (QED) is 0.856. The lowest BCUT2D eigenvalue weighted by Gasteiger charge is -2.38. The third-order valence-corrected chi connectivity index (χ3v) is 5.63. The third kappa shape index (κ3) is 2.41. The molecule has 2 aliphatic rings. The van der Waals surface area contributed by atoms with Gasteiger partial charge >= 0.3 is 0 Å². The molecule has 0 saturated carbocycles. The monoisotopic (exact) mass is 291 g/mol. The summed E-state index contributed by atoms with van der Waals surface area (Å²) in [5.74, 6) is 0.929. The summed E-state index contributed by atoms with van der Waals surface area (Å²) in [6.45, 7) is 0. The second-order valence-electron chi connectivity index (χ2n) is 5.66. The van der Waals surface area contributed by atoms with Crippen molar-refractivity contribution in [3.63, 3.8) is 0 Å². The van der Waals surface area contributed by atoms with Gasteiger partial charge in [-0.25, -0.2) is 0 Å². The summed E-state index contributed by atoms with van der Waals surface area (Å²) in [6.07, 6.45) is 6.80. The molecule has 2 fully saturated rings. The summed E-state index contributed by atoms with van der Waals surface area (Å²) < 4.78 is 5.22. The summed E-state index contributed by atoms with van der Waals surface area (Å²) in [6, 6.07) is 8.39. The van der Waals surface area contributed by atoms with Gasteiger partial charge in [0.2, 0.25) is 0 Å². The van der Waals surface area contributed by atoms with Crippen molar-refractivity contribution >= 4 is 17.7 Å². The zero-order valence-corrected chi connectivity index (χ0v) is 12.9. The lowest BCUT2D eigenvalue weighted by atomic mass is 10.0. The molecule has 4 heteroatoms. The van der Waals surface area contributed by atoms with Gasteiger partial charge < -0.3 is 9.64 Å². The standard InChI is InChI=1S/C16H21NO2S/c1-19-14-5-3-4-11(8-14)16(18)17-12-6-7-13(17)10-15(9-12)20-2/h3-5,8,12-13,15H,6-7,9-10H2,1-2H3/t12-,13-/m0/s1. The number of nitrogens with zero attached hydrogens (tertiary/aromatic N) is 1. The highest BCUT2D eigenvalue weighted by molar-refractivity contribution is 7.99. The molecule has 2 bridgehead atoms. The van der Waals surface area contributed by atoms with Gasteiger partial charge in [0, 0.05) is 22.9 Å². The molecule has 0 unspecified atom stereocenters. The van der Waals surface area contributed by atoms with E-state index in [1.165, 1.54) is 0 Å². The fourth-order valence-electron chi connectivity index (χ4n) is 3.56. The number of methoxy groups -OCH3 is 1. The fraction of sp³-hybridized carbons (Fsp3) is 0.562. The van der Waals surface area contributed by atoms with Gasteiger partial charge in [0.05, 0.1) is 7.11 Å². The predicted molar refractivity (Wildman–Crippen MR) is 82.5 cm³/mol. The molecular formula is C16H21NO2S. The van der Waals surface area contributed by atoms with Crippen molar-refractivity contribution in [2.45, 2.75) is 43.0 Å². The van der Waals surface area contributed by atoms with Crippen molar-refractivity contribution in [3.8, 4) is 5.75 Å². The smallest absolute Gasteiger partial charge is 0.254 e.